The van der Waals surface area contributed by atoms with Gasteiger partial charge in [-0.3, -0.25) is 0 Å². The molecule has 24 heavy (non-hydrogen) atoms. The zero-order chi connectivity index (χ0) is 17.7. The van der Waals surface area contributed by atoms with E-state index in [0.29, 0.717) is 22.8 Å². The number of nitrogen functional groups attached to an aromatic ring is 1. The number of hydrogen-bond donors (Lipinski definition) is 4. The minimum absolute atomic E-state index is 0.00283. The maximum atomic E-state index is 9.69. The van der Waals surface area contributed by atoms with Gasteiger partial charge in [0.05, 0.1) is 5.56 Å². The molecule has 8 heteroatoms. The summed E-state index contributed by atoms with van der Waals surface area (Å²) in [6.07, 6.45) is 0.513. The average molecular weight is 342 g/mol. The van der Waals surface area contributed by atoms with Crippen molar-refractivity contribution in [2.24, 2.45) is 0 Å². The molecule has 0 amide bonds. The van der Waals surface area contributed by atoms with E-state index in [-0.39, 0.29) is 40.6 Å². The van der Waals surface area contributed by atoms with E-state index in [9.17, 15) is 20.7 Å². The highest BCUT2D eigenvalue weighted by atomic mass is 32.2. The number of anilines is 1. The van der Waals surface area contributed by atoms with Gasteiger partial charge in [-0.05, 0) is 24.1 Å². The van der Waals surface area contributed by atoms with E-state index in [4.69, 9.17) is 10.8 Å². The molecule has 0 aliphatic carbocycles. The first-order valence-corrected chi connectivity index (χ1v) is 7.91. The van der Waals surface area contributed by atoms with Crippen LogP contribution >= 0.6 is 11.8 Å². The Bertz CT molecular complexity index is 836. The highest BCUT2D eigenvalue weighted by Gasteiger charge is 2.21. The fourth-order valence-corrected chi connectivity index (χ4v) is 3.09. The summed E-state index contributed by atoms with van der Waals surface area (Å²) in [5, 5.41) is 47.5. The molecule has 0 bridgehead atoms. The number of nitrogens with two attached hydrogens (primary N) is 1. The third-order valence-electron chi connectivity index (χ3n) is 3.15. The first-order chi connectivity index (χ1) is 11.5. The van der Waals surface area contributed by atoms with Crippen LogP contribution in [0.4, 0.5) is 5.82 Å². The number of rotatable bonds is 5. The largest absolute Gasteiger partial charge is 0.508 e. The van der Waals surface area contributed by atoms with E-state index in [1.807, 2.05) is 12.1 Å². The molecule has 2 aromatic rings. The average Bonchev–Trinajstić information content (AvgIpc) is 2.53. The molecule has 0 saturated carbocycles. The molecule has 0 saturated heterocycles. The van der Waals surface area contributed by atoms with Gasteiger partial charge in [-0.1, -0.05) is 0 Å². The van der Waals surface area contributed by atoms with Crippen LogP contribution in [0.25, 0.3) is 11.1 Å². The Kier molecular flexibility index (Phi) is 5.48. The van der Waals surface area contributed by atoms with E-state index >= 15 is 0 Å². The third-order valence-corrected chi connectivity index (χ3v) is 4.21. The molecule has 0 unspecified atom stereocenters. The summed E-state index contributed by atoms with van der Waals surface area (Å²) < 4.78 is 0. The molecule has 2 rings (SSSR count). The highest BCUT2D eigenvalue weighted by Crippen LogP contribution is 2.38. The van der Waals surface area contributed by atoms with Gasteiger partial charge >= 0.3 is 0 Å². The summed E-state index contributed by atoms with van der Waals surface area (Å²) >= 11 is 1.24. The Hall–Kier alpha value is -2.94. The molecule has 0 aliphatic rings. The molecule has 7 nitrogen and oxygen atoms in total. The van der Waals surface area contributed by atoms with Crippen molar-refractivity contribution >= 4 is 17.6 Å². The lowest BCUT2D eigenvalue weighted by molar-refractivity contribution is 0.296. The van der Waals surface area contributed by atoms with Crippen LogP contribution in [-0.4, -0.2) is 32.7 Å². The summed E-state index contributed by atoms with van der Waals surface area (Å²) in [5.74, 6) is 0.0694. The molecule has 0 fully saturated rings. The Balaban J connectivity index is 2.72. The number of aromatic hydroxyl groups is 2. The molecule has 122 valence electrons. The van der Waals surface area contributed by atoms with E-state index < -0.39 is 0 Å². The molecular weight excluding hydrogens is 328 g/mol. The van der Waals surface area contributed by atoms with E-state index in [2.05, 4.69) is 4.98 Å². The van der Waals surface area contributed by atoms with Crippen LogP contribution < -0.4 is 5.73 Å². The first kappa shape index (κ1) is 17.4. The lowest BCUT2D eigenvalue weighted by atomic mass is 9.96. The fraction of sp³-hybridized carbons (Fsp3) is 0.188. The second-order valence-corrected chi connectivity index (χ2v) is 5.90. The maximum absolute atomic E-state index is 9.69. The van der Waals surface area contributed by atoms with Crippen LogP contribution in [0.5, 0.6) is 11.5 Å². The number of nitrogens with zero attached hydrogens (tertiary/aromatic N) is 3. The van der Waals surface area contributed by atoms with Crippen LogP contribution in [0.1, 0.15) is 17.5 Å². The smallest absolute Gasteiger partial charge is 0.143 e. The molecule has 0 radical (unpaired) electrons. The van der Waals surface area contributed by atoms with Crippen LogP contribution in [0.15, 0.2) is 23.2 Å². The molecule has 0 atom stereocenters. The fourth-order valence-electron chi connectivity index (χ4n) is 2.16. The number of thioether (sulfide) groups is 1. The van der Waals surface area contributed by atoms with Crippen molar-refractivity contribution in [2.75, 3.05) is 18.1 Å². The van der Waals surface area contributed by atoms with Gasteiger partial charge in [0.1, 0.15) is 40.0 Å². The van der Waals surface area contributed by atoms with Crippen molar-refractivity contribution < 1.29 is 15.3 Å². The Labute approximate surface area is 142 Å². The van der Waals surface area contributed by atoms with Gasteiger partial charge in [0.2, 0.25) is 0 Å². The van der Waals surface area contributed by atoms with E-state index in [1.165, 1.54) is 23.9 Å². The number of benzene rings is 1. The van der Waals surface area contributed by atoms with Crippen molar-refractivity contribution in [3.05, 3.63) is 29.3 Å². The molecule has 1 aromatic heterocycles. The number of aromatic nitrogens is 1. The van der Waals surface area contributed by atoms with Crippen molar-refractivity contribution in [1.29, 1.82) is 10.5 Å². The Morgan fingerprint density at radius 2 is 1.71 bits per heavy atom. The van der Waals surface area contributed by atoms with Crippen LogP contribution in [-0.2, 0) is 0 Å². The van der Waals surface area contributed by atoms with Crippen LogP contribution in [0.2, 0.25) is 0 Å². The van der Waals surface area contributed by atoms with E-state index in [0.717, 1.165) is 6.07 Å². The molecular formula is C16H14N4O3S. The van der Waals surface area contributed by atoms with Gasteiger partial charge in [-0.15, -0.1) is 11.8 Å². The highest BCUT2D eigenvalue weighted by molar-refractivity contribution is 7.99. The topological polar surface area (TPSA) is 147 Å². The minimum Gasteiger partial charge on any atom is -0.508 e. The Morgan fingerprint density at radius 3 is 2.25 bits per heavy atom. The van der Waals surface area contributed by atoms with Gasteiger partial charge in [0.25, 0.3) is 0 Å². The van der Waals surface area contributed by atoms with Crippen molar-refractivity contribution in [3.8, 4) is 34.8 Å². The van der Waals surface area contributed by atoms with Gasteiger partial charge < -0.3 is 21.1 Å². The first-order valence-electron chi connectivity index (χ1n) is 6.92. The lowest BCUT2D eigenvalue weighted by Gasteiger charge is -2.13. The summed E-state index contributed by atoms with van der Waals surface area (Å²) in [5.41, 5.74) is 6.48. The molecule has 0 aliphatic heterocycles. The lowest BCUT2D eigenvalue weighted by Crippen LogP contribution is -2.03. The number of phenolic OH excluding ortho intramolecular Hbond substituents is 2. The van der Waals surface area contributed by atoms with Gasteiger partial charge in [-0.25, -0.2) is 4.98 Å². The molecule has 1 aromatic carbocycles. The third kappa shape index (κ3) is 3.51. The molecule has 1 heterocycles. The van der Waals surface area contributed by atoms with Crippen molar-refractivity contribution in [3.63, 3.8) is 0 Å². The van der Waals surface area contributed by atoms with Crippen LogP contribution in [0, 0.1) is 22.7 Å². The normalized spacial score (nSPS) is 10.1. The zero-order valence-corrected chi connectivity index (χ0v) is 13.3. The van der Waals surface area contributed by atoms with E-state index in [1.54, 1.807) is 0 Å². The SMILES string of the molecule is N#Cc1c(N)nc(SCCCO)c(C#N)c1-c1cc(O)cc(O)c1. The molecule has 0 spiro atoms. The minimum atomic E-state index is -0.206. The summed E-state index contributed by atoms with van der Waals surface area (Å²) in [4.78, 5) is 4.11. The Morgan fingerprint density at radius 1 is 1.08 bits per heavy atom. The number of aliphatic hydroxyl groups is 1. The quantitative estimate of drug-likeness (QED) is 0.476. The van der Waals surface area contributed by atoms with Gasteiger partial charge in [-0.2, -0.15) is 10.5 Å². The predicted molar refractivity (Wildman–Crippen MR) is 89.3 cm³/mol. The van der Waals surface area contributed by atoms with Gasteiger partial charge in [0, 0.05) is 24.0 Å². The number of aliphatic hydroxyl groups excluding tert-OH is 1. The maximum Gasteiger partial charge on any atom is 0.143 e. The summed E-state index contributed by atoms with van der Waals surface area (Å²) in [7, 11) is 0. The predicted octanol–water partition coefficient (Wildman–Crippen LogP) is 1.96. The zero-order valence-electron chi connectivity index (χ0n) is 12.5. The van der Waals surface area contributed by atoms with Crippen molar-refractivity contribution in [1.82, 2.24) is 4.98 Å². The van der Waals surface area contributed by atoms with Crippen molar-refractivity contribution in [2.45, 2.75) is 11.4 Å². The number of pyridine rings is 1. The number of nitriles is 2. The summed E-state index contributed by atoms with van der Waals surface area (Å²) in [6.45, 7) is 0.00787. The number of phenols is 2. The number of hydrogen-bond acceptors (Lipinski definition) is 8. The monoisotopic (exact) mass is 342 g/mol. The standard InChI is InChI=1S/C16H14N4O3S/c17-7-12-14(9-4-10(22)6-11(23)5-9)13(8-18)16(20-15(12)19)24-3-1-2-21/h4-6,21-23H,1-3H2,(H2,19,20). The summed E-state index contributed by atoms with van der Waals surface area (Å²) in [6, 6.07) is 7.74. The van der Waals surface area contributed by atoms with Crippen LogP contribution in [0.3, 0.4) is 0 Å². The molecule has 5 N–H and O–H groups in total. The van der Waals surface area contributed by atoms with Gasteiger partial charge in [0.15, 0.2) is 0 Å². The second kappa shape index (κ2) is 7.55. The second-order valence-electron chi connectivity index (χ2n) is 4.81.